The van der Waals surface area contributed by atoms with Crippen LogP contribution in [0.3, 0.4) is 0 Å². The van der Waals surface area contributed by atoms with Gasteiger partial charge in [-0.25, -0.2) is 18.6 Å². The summed E-state index contributed by atoms with van der Waals surface area (Å²) in [7, 11) is 0. The van der Waals surface area contributed by atoms with Crippen LogP contribution in [0.25, 0.3) is 10.2 Å². The SMILES string of the molecule is O=C(Nc1ccc2nc(Nc3ccccc3)sc2c1)Nc1c(F)cccc1F. The van der Waals surface area contributed by atoms with Crippen molar-refractivity contribution in [3.8, 4) is 0 Å². The van der Waals surface area contributed by atoms with Crippen LogP contribution < -0.4 is 16.0 Å². The first-order chi connectivity index (χ1) is 13.6. The fourth-order valence-corrected chi connectivity index (χ4v) is 3.52. The Morgan fingerprint density at radius 2 is 1.61 bits per heavy atom. The number of hydrogen-bond acceptors (Lipinski definition) is 4. The Labute approximate surface area is 163 Å². The smallest absolute Gasteiger partial charge is 0.323 e. The van der Waals surface area contributed by atoms with Crippen LogP contribution >= 0.6 is 11.3 Å². The minimum absolute atomic E-state index is 0.483. The average Bonchev–Trinajstić information content (AvgIpc) is 3.07. The highest BCUT2D eigenvalue weighted by molar-refractivity contribution is 7.22. The maximum absolute atomic E-state index is 13.6. The fraction of sp³-hybridized carbons (Fsp3) is 0. The van der Waals surface area contributed by atoms with Crippen LogP contribution in [0.2, 0.25) is 0 Å². The summed E-state index contributed by atoms with van der Waals surface area (Å²) < 4.78 is 28.1. The number of carbonyl (C=O) groups is 1. The summed E-state index contributed by atoms with van der Waals surface area (Å²) in [5.41, 5.74) is 1.69. The maximum Gasteiger partial charge on any atom is 0.323 e. The molecule has 8 heteroatoms. The molecule has 0 spiro atoms. The monoisotopic (exact) mass is 396 g/mol. The van der Waals surface area contributed by atoms with E-state index in [1.807, 2.05) is 30.3 Å². The normalized spacial score (nSPS) is 10.6. The summed E-state index contributed by atoms with van der Waals surface area (Å²) >= 11 is 1.43. The Bertz CT molecular complexity index is 1130. The van der Waals surface area contributed by atoms with E-state index in [0.29, 0.717) is 5.69 Å². The lowest BCUT2D eigenvalue weighted by molar-refractivity contribution is 0.262. The highest BCUT2D eigenvalue weighted by Gasteiger charge is 2.12. The second-order valence-corrected chi connectivity index (χ2v) is 6.90. The van der Waals surface area contributed by atoms with Crippen LogP contribution in [0, 0.1) is 11.6 Å². The predicted octanol–water partition coefficient (Wildman–Crippen LogP) is 5.96. The summed E-state index contributed by atoms with van der Waals surface area (Å²) in [5.74, 6) is -1.69. The lowest BCUT2D eigenvalue weighted by Crippen LogP contribution is -2.20. The lowest BCUT2D eigenvalue weighted by Gasteiger charge is -2.09. The van der Waals surface area contributed by atoms with Gasteiger partial charge in [0.1, 0.15) is 17.3 Å². The van der Waals surface area contributed by atoms with E-state index in [1.54, 1.807) is 18.2 Å². The molecule has 1 aromatic heterocycles. The largest absolute Gasteiger partial charge is 0.332 e. The Morgan fingerprint density at radius 1 is 0.857 bits per heavy atom. The molecule has 0 atom stereocenters. The van der Waals surface area contributed by atoms with Crippen molar-refractivity contribution in [1.82, 2.24) is 4.98 Å². The number of benzene rings is 3. The van der Waals surface area contributed by atoms with Gasteiger partial charge in [0.05, 0.1) is 10.2 Å². The second kappa shape index (κ2) is 7.61. The molecule has 0 aliphatic rings. The van der Waals surface area contributed by atoms with Crippen molar-refractivity contribution in [2.45, 2.75) is 0 Å². The summed E-state index contributed by atoms with van der Waals surface area (Å²) in [6.07, 6.45) is 0. The van der Waals surface area contributed by atoms with E-state index in [-0.39, 0.29) is 0 Å². The number of hydrogen-bond donors (Lipinski definition) is 3. The lowest BCUT2D eigenvalue weighted by atomic mass is 10.3. The number of carbonyl (C=O) groups excluding carboxylic acids is 1. The molecule has 5 nitrogen and oxygen atoms in total. The minimum Gasteiger partial charge on any atom is -0.332 e. The van der Waals surface area contributed by atoms with Crippen LogP contribution in [0.4, 0.5) is 35.8 Å². The minimum atomic E-state index is -0.843. The standard InChI is InChI=1S/C20H14F2N4OS/c21-14-7-4-8-15(22)18(14)26-19(27)23-13-9-10-16-17(11-13)28-20(25-16)24-12-5-2-1-3-6-12/h1-11H,(H,24,25)(H2,23,26,27). The summed E-state index contributed by atoms with van der Waals surface area (Å²) in [4.78, 5) is 16.6. The first-order valence-electron chi connectivity index (χ1n) is 8.33. The molecule has 2 amide bonds. The van der Waals surface area contributed by atoms with Gasteiger partial charge in [0.15, 0.2) is 5.13 Å². The van der Waals surface area contributed by atoms with Crippen molar-refractivity contribution in [1.29, 1.82) is 0 Å². The van der Waals surface area contributed by atoms with Crippen molar-refractivity contribution in [3.63, 3.8) is 0 Å². The number of halogens is 2. The molecule has 3 N–H and O–H groups in total. The summed E-state index contributed by atoms with van der Waals surface area (Å²) in [6.45, 7) is 0. The number of urea groups is 1. The van der Waals surface area contributed by atoms with E-state index in [1.165, 1.54) is 17.4 Å². The van der Waals surface area contributed by atoms with Gasteiger partial charge in [0.2, 0.25) is 0 Å². The highest BCUT2D eigenvalue weighted by Crippen LogP contribution is 2.30. The van der Waals surface area contributed by atoms with Gasteiger partial charge >= 0.3 is 6.03 Å². The first kappa shape index (κ1) is 17.9. The number of fused-ring (bicyclic) bond motifs is 1. The number of amides is 2. The number of para-hydroxylation sites is 2. The zero-order valence-corrected chi connectivity index (χ0v) is 15.2. The molecule has 140 valence electrons. The molecule has 0 bridgehead atoms. The second-order valence-electron chi connectivity index (χ2n) is 5.87. The van der Waals surface area contributed by atoms with Crippen molar-refractivity contribution in [2.75, 3.05) is 16.0 Å². The van der Waals surface area contributed by atoms with E-state index < -0.39 is 23.4 Å². The molecule has 0 radical (unpaired) electrons. The molecule has 0 aliphatic carbocycles. The van der Waals surface area contributed by atoms with E-state index in [4.69, 9.17) is 0 Å². The number of anilines is 4. The molecule has 4 rings (SSSR count). The van der Waals surface area contributed by atoms with Crippen LogP contribution in [-0.4, -0.2) is 11.0 Å². The predicted molar refractivity (Wildman–Crippen MR) is 108 cm³/mol. The summed E-state index contributed by atoms with van der Waals surface area (Å²) in [5, 5.41) is 8.70. The van der Waals surface area contributed by atoms with Crippen LogP contribution in [-0.2, 0) is 0 Å². The first-order valence-corrected chi connectivity index (χ1v) is 9.15. The number of thiazole rings is 1. The van der Waals surface area contributed by atoms with Crippen molar-refractivity contribution in [2.24, 2.45) is 0 Å². The zero-order chi connectivity index (χ0) is 19.5. The molecule has 0 fully saturated rings. The van der Waals surface area contributed by atoms with E-state index in [0.717, 1.165) is 33.2 Å². The van der Waals surface area contributed by atoms with Crippen LogP contribution in [0.5, 0.6) is 0 Å². The maximum atomic E-state index is 13.6. The quantitative estimate of drug-likeness (QED) is 0.399. The van der Waals surface area contributed by atoms with Crippen molar-refractivity contribution < 1.29 is 13.6 Å². The van der Waals surface area contributed by atoms with Gasteiger partial charge in [-0.15, -0.1) is 0 Å². The summed E-state index contributed by atoms with van der Waals surface area (Å²) in [6, 6.07) is 17.5. The zero-order valence-electron chi connectivity index (χ0n) is 14.4. The molecule has 28 heavy (non-hydrogen) atoms. The fourth-order valence-electron chi connectivity index (χ4n) is 2.59. The van der Waals surface area contributed by atoms with Crippen molar-refractivity contribution >= 4 is 49.8 Å². The number of nitrogens with zero attached hydrogens (tertiary/aromatic N) is 1. The van der Waals surface area contributed by atoms with Crippen LogP contribution in [0.1, 0.15) is 0 Å². The van der Waals surface area contributed by atoms with Gasteiger partial charge in [-0.2, -0.15) is 0 Å². The Kier molecular flexibility index (Phi) is 4.86. The third-order valence-electron chi connectivity index (χ3n) is 3.87. The van der Waals surface area contributed by atoms with Gasteiger partial charge in [-0.3, -0.25) is 0 Å². The molecule has 0 saturated heterocycles. The molecule has 0 saturated carbocycles. The average molecular weight is 396 g/mol. The van der Waals surface area contributed by atoms with Crippen LogP contribution in [0.15, 0.2) is 66.7 Å². The van der Waals surface area contributed by atoms with Gasteiger partial charge in [-0.1, -0.05) is 35.6 Å². The topological polar surface area (TPSA) is 66.0 Å². The van der Waals surface area contributed by atoms with Gasteiger partial charge in [0, 0.05) is 11.4 Å². The molecular formula is C20H14F2N4OS. The third-order valence-corrected chi connectivity index (χ3v) is 4.81. The molecular weight excluding hydrogens is 382 g/mol. The van der Waals surface area contributed by atoms with Gasteiger partial charge in [0.25, 0.3) is 0 Å². The van der Waals surface area contributed by atoms with E-state index in [9.17, 15) is 13.6 Å². The third kappa shape index (κ3) is 3.91. The molecule has 4 aromatic rings. The Hall–Kier alpha value is -3.52. The molecule has 0 unspecified atom stereocenters. The number of aromatic nitrogens is 1. The van der Waals surface area contributed by atoms with Gasteiger partial charge in [-0.05, 0) is 42.5 Å². The highest BCUT2D eigenvalue weighted by atomic mass is 32.1. The van der Waals surface area contributed by atoms with Crippen molar-refractivity contribution in [3.05, 3.63) is 78.4 Å². The Balaban J connectivity index is 1.49. The van der Waals surface area contributed by atoms with E-state index in [2.05, 4.69) is 20.9 Å². The number of nitrogens with one attached hydrogen (secondary N) is 3. The Morgan fingerprint density at radius 3 is 2.36 bits per heavy atom. The number of rotatable bonds is 4. The molecule has 3 aromatic carbocycles. The van der Waals surface area contributed by atoms with E-state index >= 15 is 0 Å². The molecule has 0 aliphatic heterocycles. The van der Waals surface area contributed by atoms with Gasteiger partial charge < -0.3 is 16.0 Å². The molecule has 1 heterocycles.